The van der Waals surface area contributed by atoms with E-state index in [-0.39, 0.29) is 5.38 Å². The van der Waals surface area contributed by atoms with Crippen molar-refractivity contribution in [2.24, 2.45) is 5.73 Å². The minimum atomic E-state index is 0.130. The van der Waals surface area contributed by atoms with Crippen molar-refractivity contribution in [2.75, 3.05) is 0 Å². The molecule has 0 saturated heterocycles. The lowest BCUT2D eigenvalue weighted by molar-refractivity contribution is -0.406. The Morgan fingerprint density at radius 2 is 2.20 bits per heavy atom. The van der Waals surface area contributed by atoms with Gasteiger partial charge in [0.25, 0.3) is 0 Å². The third-order valence-corrected chi connectivity index (χ3v) is 2.19. The number of hydrogen-bond acceptors (Lipinski definition) is 1. The van der Waals surface area contributed by atoms with E-state index in [1.165, 1.54) is 5.57 Å². The van der Waals surface area contributed by atoms with Crippen LogP contribution in [-0.4, -0.2) is 5.38 Å². The van der Waals surface area contributed by atoms with Crippen molar-refractivity contribution in [2.45, 2.75) is 25.6 Å². The molecule has 0 fully saturated rings. The van der Waals surface area contributed by atoms with Gasteiger partial charge in [-0.3, -0.25) is 0 Å². The molecule has 56 valence electrons. The summed E-state index contributed by atoms with van der Waals surface area (Å²) >= 11 is 5.14. The first-order valence-corrected chi connectivity index (χ1v) is 3.87. The molecule has 0 aromatic heterocycles. The molecule has 10 heavy (non-hydrogen) atoms. The van der Waals surface area contributed by atoms with E-state index < -0.39 is 0 Å². The van der Waals surface area contributed by atoms with E-state index in [0.717, 1.165) is 17.7 Å². The van der Waals surface area contributed by atoms with Crippen molar-refractivity contribution < 1.29 is 11.6 Å². The second kappa shape index (κ2) is 2.67. The van der Waals surface area contributed by atoms with Crippen LogP contribution in [0, 0.1) is 11.6 Å². The molecule has 0 bridgehead atoms. The molecule has 1 atom stereocenters. The molecule has 1 aliphatic carbocycles. The van der Waals surface area contributed by atoms with Gasteiger partial charge in [0.05, 0.1) is 5.70 Å². The van der Waals surface area contributed by atoms with Crippen molar-refractivity contribution in [3.63, 3.8) is 0 Å². The number of alkyl halides is 1. The summed E-state index contributed by atoms with van der Waals surface area (Å²) in [5.41, 5.74) is 9.07. The van der Waals surface area contributed by atoms with Gasteiger partial charge in [-0.2, -0.15) is 0 Å². The zero-order valence-corrected chi connectivity index (χ0v) is 7.16. The largest absolute Gasteiger partial charge is 0.397 e. The lowest BCUT2D eigenvalue weighted by atomic mass is 9.99. The third kappa shape index (κ3) is 1.35. The van der Waals surface area contributed by atoms with Gasteiger partial charge in [0.1, 0.15) is 11.6 Å². The molecule has 0 saturated carbocycles. The molecule has 1 aliphatic rings. The summed E-state index contributed by atoms with van der Waals surface area (Å²) in [5, 5.41) is 0.130. The van der Waals surface area contributed by atoms with Gasteiger partial charge in [-0.25, -0.2) is 0 Å². The Hall–Kier alpha value is -0.430. The maximum Gasteiger partial charge on any atom is 0.222 e. The molecule has 0 aromatic carbocycles. The minimum absolute atomic E-state index is 0.130. The highest BCUT2D eigenvalue weighted by atomic mass is 35.5. The summed E-state index contributed by atoms with van der Waals surface area (Å²) in [7, 11) is 0. The van der Waals surface area contributed by atoms with E-state index in [1.54, 1.807) is 0 Å². The second-order valence-corrected chi connectivity index (χ2v) is 3.39. The standard InChI is InChI=1S/C8H13ClN/c1-5-3-6(2)8(10)7(9)4-5/h3,7,9H,4,10H2,1-2H3/q+1. The fraction of sp³-hybridized carbons (Fsp3) is 0.500. The molecule has 0 aromatic rings. The zero-order chi connectivity index (χ0) is 7.72. The third-order valence-electron chi connectivity index (χ3n) is 1.77. The molecule has 0 heterocycles. The smallest absolute Gasteiger partial charge is 0.222 e. The Labute approximate surface area is 66.6 Å². The Morgan fingerprint density at radius 1 is 1.60 bits per heavy atom. The van der Waals surface area contributed by atoms with Crippen LogP contribution in [0.3, 0.4) is 0 Å². The maximum atomic E-state index is 5.71. The van der Waals surface area contributed by atoms with E-state index in [1.807, 2.05) is 6.92 Å². The predicted molar refractivity (Wildman–Crippen MR) is 40.4 cm³/mol. The lowest BCUT2D eigenvalue weighted by Gasteiger charge is -2.12. The fourth-order valence-corrected chi connectivity index (χ4v) is 1.62. The first kappa shape index (κ1) is 7.67. The summed E-state index contributed by atoms with van der Waals surface area (Å²) < 4.78 is 0. The van der Waals surface area contributed by atoms with Crippen molar-refractivity contribution >= 4 is 0 Å². The summed E-state index contributed by atoms with van der Waals surface area (Å²) in [6.45, 7) is 4.10. The molecule has 2 heteroatoms. The van der Waals surface area contributed by atoms with Gasteiger partial charge < -0.3 is 5.73 Å². The van der Waals surface area contributed by atoms with E-state index >= 15 is 0 Å². The zero-order valence-electron chi connectivity index (χ0n) is 6.35. The highest BCUT2D eigenvalue weighted by molar-refractivity contribution is 5.32. The van der Waals surface area contributed by atoms with Gasteiger partial charge in [0.2, 0.25) is 5.38 Å². The van der Waals surface area contributed by atoms with Crippen LogP contribution in [-0.2, 0) is 0 Å². The van der Waals surface area contributed by atoms with Crippen LogP contribution in [0.4, 0.5) is 0 Å². The van der Waals surface area contributed by atoms with Gasteiger partial charge in [-0.05, 0) is 19.4 Å². The molecule has 1 nitrogen and oxygen atoms in total. The van der Waals surface area contributed by atoms with Gasteiger partial charge in [-0.1, -0.05) is 11.6 Å². The predicted octanol–water partition coefficient (Wildman–Crippen LogP) is 1.22. The molecule has 2 N–H and O–H groups in total. The summed E-state index contributed by atoms with van der Waals surface area (Å²) in [4.78, 5) is 0. The topological polar surface area (TPSA) is 26.0 Å². The Morgan fingerprint density at radius 3 is 2.70 bits per heavy atom. The number of allylic oxidation sites excluding steroid dienone is 4. The SMILES string of the molecule is CC1=CC(C)=C(N)C([ClH+])C1. The molecular formula is C8H13ClN+. The first-order chi connectivity index (χ1) is 4.61. The van der Waals surface area contributed by atoms with Crippen molar-refractivity contribution in [3.8, 4) is 0 Å². The number of nitrogens with two attached hydrogens (primary N) is 1. The number of hydrogen-bond donors (Lipinski definition) is 1. The van der Waals surface area contributed by atoms with Crippen LogP contribution in [0.1, 0.15) is 20.3 Å². The van der Waals surface area contributed by atoms with Crippen LogP contribution in [0.2, 0.25) is 0 Å². The van der Waals surface area contributed by atoms with Crippen LogP contribution in [0.25, 0.3) is 0 Å². The summed E-state index contributed by atoms with van der Waals surface area (Å²) in [6.07, 6.45) is 3.05. The van der Waals surface area contributed by atoms with Crippen molar-refractivity contribution in [1.82, 2.24) is 0 Å². The normalized spacial score (nSPS) is 26.7. The van der Waals surface area contributed by atoms with E-state index in [4.69, 9.17) is 17.3 Å². The van der Waals surface area contributed by atoms with Gasteiger partial charge in [0.15, 0.2) is 0 Å². The van der Waals surface area contributed by atoms with Crippen LogP contribution in [0.15, 0.2) is 22.9 Å². The van der Waals surface area contributed by atoms with E-state index in [9.17, 15) is 0 Å². The van der Waals surface area contributed by atoms with Crippen LogP contribution in [0.5, 0.6) is 0 Å². The van der Waals surface area contributed by atoms with Crippen LogP contribution >= 0.6 is 0 Å². The molecule has 0 aliphatic heterocycles. The molecule has 1 rings (SSSR count). The fourth-order valence-electron chi connectivity index (χ4n) is 1.17. The Balaban J connectivity index is 2.92. The number of halogens is 1. The second-order valence-electron chi connectivity index (χ2n) is 2.82. The maximum absolute atomic E-state index is 5.71. The van der Waals surface area contributed by atoms with Gasteiger partial charge in [0, 0.05) is 6.42 Å². The average molecular weight is 159 g/mol. The van der Waals surface area contributed by atoms with Gasteiger partial charge >= 0.3 is 0 Å². The molecular weight excluding hydrogens is 146 g/mol. The average Bonchev–Trinajstić information content (AvgIpc) is 1.82. The van der Waals surface area contributed by atoms with E-state index in [0.29, 0.717) is 0 Å². The molecule has 0 radical (unpaired) electrons. The highest BCUT2D eigenvalue weighted by Gasteiger charge is 2.21. The minimum Gasteiger partial charge on any atom is -0.397 e. The number of rotatable bonds is 0. The van der Waals surface area contributed by atoms with E-state index in [2.05, 4.69) is 13.0 Å². The highest BCUT2D eigenvalue weighted by Crippen LogP contribution is 2.20. The lowest BCUT2D eigenvalue weighted by Crippen LogP contribution is -2.19. The molecule has 1 unspecified atom stereocenters. The first-order valence-electron chi connectivity index (χ1n) is 3.40. The van der Waals surface area contributed by atoms with Crippen LogP contribution < -0.4 is 5.73 Å². The van der Waals surface area contributed by atoms with Crippen molar-refractivity contribution in [3.05, 3.63) is 22.9 Å². The quantitative estimate of drug-likeness (QED) is 0.528. The van der Waals surface area contributed by atoms with Crippen molar-refractivity contribution in [1.29, 1.82) is 0 Å². The summed E-state index contributed by atoms with van der Waals surface area (Å²) in [6, 6.07) is 0. The Kier molecular flexibility index (Phi) is 2.05. The monoisotopic (exact) mass is 158 g/mol. The summed E-state index contributed by atoms with van der Waals surface area (Å²) in [5.74, 6) is 0. The van der Waals surface area contributed by atoms with Gasteiger partial charge in [-0.15, -0.1) is 0 Å². The molecule has 0 amide bonds. The molecule has 0 spiro atoms. The Bertz CT molecular complexity index is 203.